The molecule has 0 bridgehead atoms. The Morgan fingerprint density at radius 3 is 2.06 bits per heavy atom. The van der Waals surface area contributed by atoms with E-state index in [0.717, 1.165) is 16.7 Å². The first-order valence-corrected chi connectivity index (χ1v) is 16.6. The molecule has 47 heavy (non-hydrogen) atoms. The zero-order chi connectivity index (χ0) is 33.6. The molecule has 0 fully saturated rings. The highest BCUT2D eigenvalue weighted by atomic mass is 32.1. The second kappa shape index (κ2) is 14.6. The number of amides is 3. The highest BCUT2D eigenvalue weighted by Crippen LogP contribution is 2.30. The summed E-state index contributed by atoms with van der Waals surface area (Å²) in [6.45, 7) is 11.1. The van der Waals surface area contributed by atoms with E-state index in [1.165, 1.54) is 16.9 Å². The van der Waals surface area contributed by atoms with E-state index < -0.39 is 6.04 Å². The number of benzene rings is 4. The van der Waals surface area contributed by atoms with Crippen LogP contribution in [-0.4, -0.2) is 29.3 Å². The summed E-state index contributed by atoms with van der Waals surface area (Å²) < 4.78 is 0. The van der Waals surface area contributed by atoms with Crippen LogP contribution >= 0.6 is 11.3 Å². The number of carbonyl (C=O) groups is 3. The van der Waals surface area contributed by atoms with Crippen molar-refractivity contribution in [1.29, 1.82) is 0 Å². The van der Waals surface area contributed by atoms with Crippen molar-refractivity contribution in [3.8, 4) is 22.4 Å². The summed E-state index contributed by atoms with van der Waals surface area (Å²) in [5.74, 6) is -0.569. The minimum atomic E-state index is -0.820. The number of aromatic nitrogens is 1. The summed E-state index contributed by atoms with van der Waals surface area (Å²) in [6, 6.07) is 31.3. The molecule has 240 valence electrons. The second-order valence-electron chi connectivity index (χ2n) is 12.9. The van der Waals surface area contributed by atoms with E-state index >= 15 is 0 Å². The van der Waals surface area contributed by atoms with Crippen LogP contribution in [0.3, 0.4) is 0 Å². The van der Waals surface area contributed by atoms with E-state index in [4.69, 9.17) is 0 Å². The van der Waals surface area contributed by atoms with Crippen molar-refractivity contribution in [1.82, 2.24) is 15.6 Å². The Bertz CT molecular complexity index is 1840. The minimum absolute atomic E-state index is 0.0428. The highest BCUT2D eigenvalue weighted by Gasteiger charge is 2.23. The van der Waals surface area contributed by atoms with Crippen LogP contribution in [0.15, 0.2) is 109 Å². The van der Waals surface area contributed by atoms with Gasteiger partial charge in [0.2, 0.25) is 5.91 Å². The predicted octanol–water partition coefficient (Wildman–Crippen LogP) is 8.27. The topological polar surface area (TPSA) is 100 Å². The van der Waals surface area contributed by atoms with Gasteiger partial charge < -0.3 is 10.6 Å². The Morgan fingerprint density at radius 1 is 0.766 bits per heavy atom. The maximum Gasteiger partial charge on any atom is 0.258 e. The molecule has 3 amide bonds. The molecule has 1 atom stereocenters. The van der Waals surface area contributed by atoms with E-state index in [2.05, 4.69) is 66.0 Å². The fraction of sp³-hybridized carbons (Fsp3) is 0.231. The predicted molar refractivity (Wildman–Crippen MR) is 191 cm³/mol. The molecular weight excluding hydrogens is 605 g/mol. The lowest BCUT2D eigenvalue weighted by Gasteiger charge is -2.20. The number of hydrogen-bond donors (Lipinski definition) is 3. The Morgan fingerprint density at radius 2 is 1.40 bits per heavy atom. The van der Waals surface area contributed by atoms with Crippen molar-refractivity contribution in [2.24, 2.45) is 5.92 Å². The molecule has 0 spiro atoms. The quantitative estimate of drug-likeness (QED) is 0.142. The molecule has 0 aliphatic carbocycles. The van der Waals surface area contributed by atoms with Gasteiger partial charge in [-0.15, -0.1) is 11.3 Å². The van der Waals surface area contributed by atoms with E-state index in [9.17, 15) is 14.4 Å². The van der Waals surface area contributed by atoms with E-state index in [0.29, 0.717) is 34.1 Å². The van der Waals surface area contributed by atoms with Crippen molar-refractivity contribution in [2.45, 2.75) is 46.1 Å². The Balaban J connectivity index is 1.27. The molecule has 0 aliphatic heterocycles. The normalized spacial score (nSPS) is 12.0. The number of anilines is 1. The van der Waals surface area contributed by atoms with Gasteiger partial charge in [0.25, 0.3) is 11.8 Å². The maximum absolute atomic E-state index is 13.4. The molecule has 1 heterocycles. The van der Waals surface area contributed by atoms with Gasteiger partial charge in [0.1, 0.15) is 6.04 Å². The standard InChI is InChI=1S/C39H40N4O3S/c1-25(2)23-40-37(46)34(28-11-7-6-8-12-28)42-35(44)29-17-15-27(16-18-29)33-24-47-38(41-33)43-36(45)32-14-10-9-13-31(32)26-19-21-30(22-20-26)39(3,4)5/h6-22,24-25,34H,23H2,1-5H3,(H,40,46)(H,42,44)(H,41,43,45)/t34-/m0/s1. The maximum atomic E-state index is 13.4. The van der Waals surface area contributed by atoms with Crippen LogP contribution in [0.2, 0.25) is 0 Å². The number of nitrogens with one attached hydrogen (secondary N) is 3. The molecule has 7 nitrogen and oxygen atoms in total. The highest BCUT2D eigenvalue weighted by molar-refractivity contribution is 7.14. The number of rotatable bonds is 10. The number of hydrogen-bond acceptors (Lipinski definition) is 5. The molecule has 5 rings (SSSR count). The molecule has 0 saturated carbocycles. The van der Waals surface area contributed by atoms with Crippen molar-refractivity contribution < 1.29 is 14.4 Å². The molecule has 0 unspecified atom stereocenters. The Hall–Kier alpha value is -5.08. The summed E-state index contributed by atoms with van der Waals surface area (Å²) in [6.07, 6.45) is 0. The van der Waals surface area contributed by atoms with Crippen molar-refractivity contribution in [2.75, 3.05) is 11.9 Å². The molecule has 1 aromatic heterocycles. The summed E-state index contributed by atoms with van der Waals surface area (Å²) in [4.78, 5) is 44.2. The average molecular weight is 645 g/mol. The third-order valence-corrected chi connectivity index (χ3v) is 8.51. The first kappa shape index (κ1) is 33.3. The van der Waals surface area contributed by atoms with Crippen LogP contribution in [0.5, 0.6) is 0 Å². The summed E-state index contributed by atoms with van der Waals surface area (Å²) in [5, 5.41) is 11.1. The SMILES string of the molecule is CC(C)CNC(=O)[C@@H](NC(=O)c1ccc(-c2csc(NC(=O)c3ccccc3-c3ccc(C(C)(C)C)cc3)n2)cc1)c1ccccc1. The van der Waals surface area contributed by atoms with Gasteiger partial charge in [-0.1, -0.05) is 120 Å². The van der Waals surface area contributed by atoms with Gasteiger partial charge in [0.05, 0.1) is 5.69 Å². The van der Waals surface area contributed by atoms with Crippen LogP contribution in [0, 0.1) is 5.92 Å². The Labute approximate surface area is 280 Å². The van der Waals surface area contributed by atoms with Gasteiger partial charge in [0, 0.05) is 28.6 Å². The molecule has 5 aromatic rings. The van der Waals surface area contributed by atoms with Crippen molar-refractivity contribution in [3.63, 3.8) is 0 Å². The van der Waals surface area contributed by atoms with Crippen LogP contribution in [0.25, 0.3) is 22.4 Å². The lowest BCUT2D eigenvalue weighted by atomic mass is 9.86. The molecule has 8 heteroatoms. The number of nitrogens with zero attached hydrogens (tertiary/aromatic N) is 1. The second-order valence-corrected chi connectivity index (χ2v) is 13.8. The lowest BCUT2D eigenvalue weighted by Crippen LogP contribution is -2.41. The third kappa shape index (κ3) is 8.40. The van der Waals surface area contributed by atoms with E-state index in [1.807, 2.05) is 86.0 Å². The van der Waals surface area contributed by atoms with Crippen LogP contribution < -0.4 is 16.0 Å². The minimum Gasteiger partial charge on any atom is -0.354 e. The van der Waals surface area contributed by atoms with Crippen LogP contribution in [0.4, 0.5) is 5.13 Å². The first-order valence-electron chi connectivity index (χ1n) is 15.7. The number of thiazole rings is 1. The zero-order valence-corrected chi connectivity index (χ0v) is 28.2. The van der Waals surface area contributed by atoms with Gasteiger partial charge >= 0.3 is 0 Å². The van der Waals surface area contributed by atoms with Gasteiger partial charge in [-0.05, 0) is 51.8 Å². The molecule has 0 radical (unpaired) electrons. The van der Waals surface area contributed by atoms with Gasteiger partial charge in [-0.3, -0.25) is 19.7 Å². The Kier molecular flexibility index (Phi) is 10.3. The van der Waals surface area contributed by atoms with E-state index in [-0.39, 0.29) is 29.1 Å². The average Bonchev–Trinajstić information content (AvgIpc) is 3.54. The summed E-state index contributed by atoms with van der Waals surface area (Å²) in [5.41, 5.74) is 6.26. The van der Waals surface area contributed by atoms with Gasteiger partial charge in [-0.2, -0.15) is 0 Å². The molecule has 4 aromatic carbocycles. The van der Waals surface area contributed by atoms with E-state index in [1.54, 1.807) is 12.1 Å². The van der Waals surface area contributed by atoms with Crippen LogP contribution in [0.1, 0.15) is 72.5 Å². The molecule has 0 saturated heterocycles. The zero-order valence-electron chi connectivity index (χ0n) is 27.3. The molecule has 0 aliphatic rings. The third-order valence-electron chi connectivity index (χ3n) is 7.76. The first-order chi connectivity index (χ1) is 22.5. The van der Waals surface area contributed by atoms with Crippen LogP contribution in [-0.2, 0) is 10.2 Å². The van der Waals surface area contributed by atoms with Crippen molar-refractivity contribution >= 4 is 34.2 Å². The lowest BCUT2D eigenvalue weighted by molar-refractivity contribution is -0.123. The van der Waals surface area contributed by atoms with Gasteiger partial charge in [0.15, 0.2) is 5.13 Å². The fourth-order valence-electron chi connectivity index (χ4n) is 5.07. The van der Waals surface area contributed by atoms with Crippen molar-refractivity contribution in [3.05, 3.63) is 131 Å². The number of carbonyl (C=O) groups excluding carboxylic acids is 3. The fourth-order valence-corrected chi connectivity index (χ4v) is 5.78. The summed E-state index contributed by atoms with van der Waals surface area (Å²) in [7, 11) is 0. The smallest absolute Gasteiger partial charge is 0.258 e. The van der Waals surface area contributed by atoms with Gasteiger partial charge in [-0.25, -0.2) is 4.98 Å². The molecule has 3 N–H and O–H groups in total. The monoisotopic (exact) mass is 644 g/mol. The molecular formula is C39H40N4O3S. The summed E-state index contributed by atoms with van der Waals surface area (Å²) >= 11 is 1.33. The largest absolute Gasteiger partial charge is 0.354 e.